The molecule has 1 aliphatic rings. The fraction of sp³-hybridized carbons (Fsp3) is 0.389. The largest absolute Gasteiger partial charge is 0.379 e. The van der Waals surface area contributed by atoms with Crippen molar-refractivity contribution in [3.63, 3.8) is 0 Å². The first-order valence-corrected chi connectivity index (χ1v) is 8.56. The Kier molecular flexibility index (Phi) is 4.34. The zero-order valence-electron chi connectivity index (χ0n) is 15.0. The predicted octanol–water partition coefficient (Wildman–Crippen LogP) is 1.89. The van der Waals surface area contributed by atoms with Gasteiger partial charge in [0.25, 0.3) is 0 Å². The van der Waals surface area contributed by atoms with E-state index in [1.165, 1.54) is 0 Å². The van der Waals surface area contributed by atoms with E-state index in [4.69, 9.17) is 9.72 Å². The van der Waals surface area contributed by atoms with Gasteiger partial charge in [-0.25, -0.2) is 9.97 Å². The monoisotopic (exact) mass is 351 g/mol. The van der Waals surface area contributed by atoms with Crippen LogP contribution in [-0.4, -0.2) is 56.7 Å². The molecule has 1 fully saturated rings. The summed E-state index contributed by atoms with van der Waals surface area (Å²) in [6.07, 6.45) is 5.34. The van der Waals surface area contributed by atoms with Gasteiger partial charge >= 0.3 is 0 Å². The third-order valence-electron chi connectivity index (χ3n) is 4.97. The molecule has 26 heavy (non-hydrogen) atoms. The van der Waals surface area contributed by atoms with Gasteiger partial charge in [0.05, 0.1) is 23.9 Å². The topological polar surface area (TPSA) is 92.7 Å². The van der Waals surface area contributed by atoms with E-state index in [2.05, 4.69) is 37.2 Å². The number of aryl methyl sites for hydroxylation is 1. The molecule has 3 aromatic rings. The number of hydrogen-bond acceptors (Lipinski definition) is 7. The van der Waals surface area contributed by atoms with E-state index in [0.717, 1.165) is 41.4 Å². The first kappa shape index (κ1) is 16.6. The molecule has 8 nitrogen and oxygen atoms in total. The van der Waals surface area contributed by atoms with Crippen molar-refractivity contribution in [2.75, 3.05) is 25.1 Å². The van der Waals surface area contributed by atoms with Gasteiger partial charge in [0.2, 0.25) is 0 Å². The molecule has 1 N–H and O–H groups in total. The number of pyridine rings is 1. The lowest BCUT2D eigenvalue weighted by Crippen LogP contribution is -2.24. The highest BCUT2D eigenvalue weighted by atomic mass is 16.5. The van der Waals surface area contributed by atoms with Crippen LogP contribution < -0.4 is 4.90 Å². The first-order valence-electron chi connectivity index (χ1n) is 8.56. The summed E-state index contributed by atoms with van der Waals surface area (Å²) in [4.78, 5) is 15.9. The van der Waals surface area contributed by atoms with Gasteiger partial charge in [0.15, 0.2) is 5.82 Å². The van der Waals surface area contributed by atoms with Crippen LogP contribution in [0.25, 0.3) is 11.4 Å². The van der Waals surface area contributed by atoms with Crippen LogP contribution in [0.3, 0.4) is 0 Å². The third-order valence-corrected chi connectivity index (χ3v) is 4.97. The van der Waals surface area contributed by atoms with Crippen molar-refractivity contribution in [2.24, 2.45) is 0 Å². The Hall–Kier alpha value is -2.87. The number of hydrogen-bond donors (Lipinski definition) is 1. The Balaban J connectivity index is 1.70. The highest BCUT2D eigenvalue weighted by Crippen LogP contribution is 2.33. The SMILES string of the molecule is CO[C@@H]1CN(c2nc(-c3cccnc3)nc(C)c2C)C[C@H]1c1cn[nH]n1. The van der Waals surface area contributed by atoms with Gasteiger partial charge in [-0.15, -0.1) is 0 Å². The molecule has 1 aliphatic heterocycles. The average Bonchev–Trinajstić information content (AvgIpc) is 3.33. The minimum absolute atomic E-state index is 0.0385. The van der Waals surface area contributed by atoms with Gasteiger partial charge in [-0.2, -0.15) is 15.4 Å². The number of aromatic amines is 1. The quantitative estimate of drug-likeness (QED) is 0.767. The molecule has 4 heterocycles. The average molecular weight is 351 g/mol. The minimum atomic E-state index is 0.0385. The molecular weight excluding hydrogens is 330 g/mol. The zero-order valence-corrected chi connectivity index (χ0v) is 15.0. The maximum Gasteiger partial charge on any atom is 0.163 e. The second-order valence-electron chi connectivity index (χ2n) is 6.50. The fourth-order valence-corrected chi connectivity index (χ4v) is 3.40. The molecule has 4 rings (SSSR count). The van der Waals surface area contributed by atoms with Crippen LogP contribution in [0.2, 0.25) is 0 Å². The van der Waals surface area contributed by atoms with Crippen molar-refractivity contribution >= 4 is 5.82 Å². The van der Waals surface area contributed by atoms with Gasteiger partial charge < -0.3 is 9.64 Å². The first-order chi connectivity index (χ1) is 12.7. The van der Waals surface area contributed by atoms with Gasteiger partial charge in [-0.05, 0) is 26.0 Å². The summed E-state index contributed by atoms with van der Waals surface area (Å²) in [5, 5.41) is 10.9. The normalized spacial score (nSPS) is 19.9. The fourth-order valence-electron chi connectivity index (χ4n) is 3.40. The number of nitrogens with zero attached hydrogens (tertiary/aromatic N) is 6. The van der Waals surface area contributed by atoms with Gasteiger partial charge in [0.1, 0.15) is 5.82 Å². The van der Waals surface area contributed by atoms with E-state index < -0.39 is 0 Å². The van der Waals surface area contributed by atoms with Crippen LogP contribution in [-0.2, 0) is 4.74 Å². The van der Waals surface area contributed by atoms with E-state index >= 15 is 0 Å². The number of rotatable bonds is 4. The number of H-pyrrole nitrogens is 1. The van der Waals surface area contributed by atoms with Crippen molar-refractivity contribution in [3.05, 3.63) is 47.7 Å². The number of aromatic nitrogens is 6. The van der Waals surface area contributed by atoms with Crippen molar-refractivity contribution in [3.8, 4) is 11.4 Å². The van der Waals surface area contributed by atoms with Crippen molar-refractivity contribution in [2.45, 2.75) is 25.9 Å². The molecule has 1 saturated heterocycles. The summed E-state index contributed by atoms with van der Waals surface area (Å²) in [6, 6.07) is 3.87. The minimum Gasteiger partial charge on any atom is -0.379 e. The molecule has 0 bridgehead atoms. The van der Waals surface area contributed by atoms with E-state index in [1.54, 1.807) is 25.7 Å². The Morgan fingerprint density at radius 2 is 2.08 bits per heavy atom. The Morgan fingerprint density at radius 3 is 2.77 bits per heavy atom. The molecule has 134 valence electrons. The zero-order chi connectivity index (χ0) is 18.1. The molecule has 0 aliphatic carbocycles. The summed E-state index contributed by atoms with van der Waals surface area (Å²) in [5.41, 5.74) is 3.86. The predicted molar refractivity (Wildman–Crippen MR) is 96.9 cm³/mol. The van der Waals surface area contributed by atoms with Crippen molar-refractivity contribution < 1.29 is 4.74 Å². The van der Waals surface area contributed by atoms with E-state index in [1.807, 2.05) is 19.1 Å². The summed E-state index contributed by atoms with van der Waals surface area (Å²) in [5.74, 6) is 1.77. The van der Waals surface area contributed by atoms with Crippen LogP contribution >= 0.6 is 0 Å². The maximum absolute atomic E-state index is 5.71. The molecule has 0 saturated carbocycles. The van der Waals surface area contributed by atoms with E-state index in [0.29, 0.717) is 5.82 Å². The molecule has 2 atom stereocenters. The molecule has 3 aromatic heterocycles. The van der Waals surface area contributed by atoms with Crippen LogP contribution in [0.5, 0.6) is 0 Å². The summed E-state index contributed by atoms with van der Waals surface area (Å²) >= 11 is 0. The Labute approximate surface area is 151 Å². The number of methoxy groups -OCH3 is 1. The van der Waals surface area contributed by atoms with E-state index in [-0.39, 0.29) is 12.0 Å². The number of ether oxygens (including phenoxy) is 1. The smallest absolute Gasteiger partial charge is 0.163 e. The molecule has 0 amide bonds. The van der Waals surface area contributed by atoms with Crippen LogP contribution in [0.1, 0.15) is 22.9 Å². The molecule has 8 heteroatoms. The van der Waals surface area contributed by atoms with Gasteiger partial charge in [-0.1, -0.05) is 0 Å². The van der Waals surface area contributed by atoms with Crippen LogP contribution in [0.15, 0.2) is 30.7 Å². The summed E-state index contributed by atoms with van der Waals surface area (Å²) < 4.78 is 5.71. The van der Waals surface area contributed by atoms with Crippen molar-refractivity contribution in [1.29, 1.82) is 0 Å². The molecule has 0 radical (unpaired) electrons. The third kappa shape index (κ3) is 2.92. The van der Waals surface area contributed by atoms with Crippen LogP contribution in [0, 0.1) is 13.8 Å². The second-order valence-corrected chi connectivity index (χ2v) is 6.50. The highest BCUT2D eigenvalue weighted by Gasteiger charge is 2.37. The van der Waals surface area contributed by atoms with E-state index in [9.17, 15) is 0 Å². The lowest BCUT2D eigenvalue weighted by atomic mass is 10.0. The van der Waals surface area contributed by atoms with Gasteiger partial charge in [0, 0.05) is 49.4 Å². The number of anilines is 1. The van der Waals surface area contributed by atoms with Gasteiger partial charge in [-0.3, -0.25) is 4.98 Å². The maximum atomic E-state index is 5.71. The second kappa shape index (κ2) is 6.80. The Morgan fingerprint density at radius 1 is 1.19 bits per heavy atom. The molecule has 0 spiro atoms. The number of nitrogens with one attached hydrogen (secondary N) is 1. The standard InChI is InChI=1S/C18H21N7O/c1-11-12(2)21-17(13-5-4-6-19-7-13)22-18(11)25-9-14(16(10-25)26-3)15-8-20-24-23-15/h4-8,14,16H,9-10H2,1-3H3,(H,20,23,24)/t14-,16+/m0/s1. The van der Waals surface area contributed by atoms with Crippen molar-refractivity contribution in [1.82, 2.24) is 30.4 Å². The highest BCUT2D eigenvalue weighted by molar-refractivity contribution is 5.60. The molecular formula is C18H21N7O. The molecule has 0 unspecified atom stereocenters. The van der Waals surface area contributed by atoms with Crippen LogP contribution in [0.4, 0.5) is 5.82 Å². The Bertz CT molecular complexity index is 882. The summed E-state index contributed by atoms with van der Waals surface area (Å²) in [7, 11) is 1.74. The lowest BCUT2D eigenvalue weighted by Gasteiger charge is -2.21. The molecule has 0 aromatic carbocycles. The summed E-state index contributed by atoms with van der Waals surface area (Å²) in [6.45, 7) is 5.59. The lowest BCUT2D eigenvalue weighted by molar-refractivity contribution is 0.105.